The van der Waals surface area contributed by atoms with Gasteiger partial charge in [-0.05, 0) is 40.6 Å². The number of nitrogens with zero attached hydrogens (tertiary/aromatic N) is 2. The molecule has 0 aromatic heterocycles. The van der Waals surface area contributed by atoms with Gasteiger partial charge in [0.25, 0.3) is 0 Å². The Morgan fingerprint density at radius 2 is 1.37 bits per heavy atom. The largest absolute Gasteiger partial charge is 0.573 e. The van der Waals surface area contributed by atoms with E-state index in [-0.39, 0.29) is 12.2 Å². The van der Waals surface area contributed by atoms with Crippen LogP contribution in [0.15, 0.2) is 91.0 Å². The van der Waals surface area contributed by atoms with E-state index in [2.05, 4.69) is 4.74 Å². The fourth-order valence-corrected chi connectivity index (χ4v) is 4.91. The molecule has 38 heavy (non-hydrogen) atoms. The fourth-order valence-electron chi connectivity index (χ4n) is 4.91. The van der Waals surface area contributed by atoms with Crippen LogP contribution in [0, 0.1) is 0 Å². The van der Waals surface area contributed by atoms with Crippen molar-refractivity contribution in [3.63, 3.8) is 0 Å². The fraction of sp³-hybridized carbons (Fsp3) is 0.214. The van der Waals surface area contributed by atoms with Gasteiger partial charge >= 0.3 is 12.5 Å². The molecule has 0 radical (unpaired) electrons. The Morgan fingerprint density at radius 1 is 0.763 bits per heavy atom. The van der Waals surface area contributed by atoms with Crippen LogP contribution in [0.5, 0.6) is 5.75 Å². The van der Waals surface area contributed by atoms with Gasteiger partial charge in [0.1, 0.15) is 0 Å². The van der Waals surface area contributed by atoms with Gasteiger partial charge in [0.05, 0.1) is 29.6 Å². The highest BCUT2D eigenvalue weighted by molar-refractivity contribution is 5.88. The average molecular weight is 532 g/mol. The predicted molar refractivity (Wildman–Crippen MR) is 133 cm³/mol. The second-order valence-electron chi connectivity index (χ2n) is 8.91. The third-order valence-corrected chi connectivity index (χ3v) is 6.53. The maximum atomic E-state index is 13.5. The molecule has 4 nitrogen and oxygen atoms in total. The molecule has 5 rings (SSSR count). The molecule has 4 aromatic carbocycles. The second kappa shape index (κ2) is 9.75. The molecule has 198 valence electrons. The number of aliphatic hydroxyl groups excluding tert-OH is 1. The summed E-state index contributed by atoms with van der Waals surface area (Å²) < 4.78 is 84.5. The molecule has 0 fully saturated rings. The Bertz CT molecular complexity index is 1430. The Kier molecular flexibility index (Phi) is 6.60. The lowest BCUT2D eigenvalue weighted by Crippen LogP contribution is -2.48. The van der Waals surface area contributed by atoms with Gasteiger partial charge in [-0.25, -0.2) is 0 Å². The molecule has 0 saturated heterocycles. The quantitative estimate of drug-likeness (QED) is 0.273. The molecule has 0 spiro atoms. The van der Waals surface area contributed by atoms with Crippen molar-refractivity contribution in [2.75, 3.05) is 22.9 Å². The third-order valence-electron chi connectivity index (χ3n) is 6.53. The van der Waals surface area contributed by atoms with Crippen molar-refractivity contribution in [3.8, 4) is 5.75 Å². The van der Waals surface area contributed by atoms with Crippen LogP contribution in [0.1, 0.15) is 11.6 Å². The normalized spacial score (nSPS) is 16.9. The van der Waals surface area contributed by atoms with Crippen molar-refractivity contribution in [3.05, 3.63) is 96.6 Å². The molecule has 1 aliphatic heterocycles. The Labute approximate surface area is 214 Å². The molecular formula is C28H22F6N2O2. The molecule has 4 aromatic rings. The van der Waals surface area contributed by atoms with E-state index < -0.39 is 37.0 Å². The van der Waals surface area contributed by atoms with E-state index in [1.807, 2.05) is 30.3 Å². The van der Waals surface area contributed by atoms with Crippen LogP contribution in [0.3, 0.4) is 0 Å². The zero-order chi connectivity index (χ0) is 27.1. The van der Waals surface area contributed by atoms with Gasteiger partial charge < -0.3 is 19.6 Å². The first kappa shape index (κ1) is 25.7. The van der Waals surface area contributed by atoms with Crippen LogP contribution in [0.2, 0.25) is 0 Å². The van der Waals surface area contributed by atoms with E-state index in [0.29, 0.717) is 16.9 Å². The highest BCUT2D eigenvalue weighted by Crippen LogP contribution is 2.48. The number of β-amino-alcohol motifs (C(OH)–C–C–N with tert-alkyl or cyclic N) is 1. The minimum absolute atomic E-state index is 0.00612. The maximum Gasteiger partial charge on any atom is 0.573 e. The first-order chi connectivity index (χ1) is 18.0. The minimum Gasteiger partial charge on any atom is -0.404 e. The molecule has 0 amide bonds. The molecule has 10 heteroatoms. The van der Waals surface area contributed by atoms with Crippen molar-refractivity contribution in [1.29, 1.82) is 0 Å². The van der Waals surface area contributed by atoms with E-state index >= 15 is 0 Å². The van der Waals surface area contributed by atoms with Crippen LogP contribution in [0.4, 0.5) is 43.4 Å². The number of para-hydroxylation sites is 4. The van der Waals surface area contributed by atoms with E-state index in [4.69, 9.17) is 0 Å². The molecule has 0 saturated carbocycles. The number of ether oxygens (including phenoxy) is 1. The summed E-state index contributed by atoms with van der Waals surface area (Å²) in [5, 5.41) is 11.7. The van der Waals surface area contributed by atoms with Gasteiger partial charge in [0, 0.05) is 6.54 Å². The Balaban J connectivity index is 1.70. The Morgan fingerprint density at radius 3 is 2.08 bits per heavy atom. The number of hydrogen-bond donors (Lipinski definition) is 1. The lowest BCUT2D eigenvalue weighted by molar-refractivity contribution is -0.274. The molecule has 0 bridgehead atoms. The summed E-state index contributed by atoms with van der Waals surface area (Å²) in [6.45, 7) is -0.767. The van der Waals surface area contributed by atoms with Gasteiger partial charge in [-0.1, -0.05) is 66.7 Å². The van der Waals surface area contributed by atoms with E-state index in [9.17, 15) is 31.4 Å². The monoisotopic (exact) mass is 532 g/mol. The van der Waals surface area contributed by atoms with Gasteiger partial charge in [-0.2, -0.15) is 13.2 Å². The number of fused-ring (bicyclic) bond motifs is 2. The second-order valence-corrected chi connectivity index (χ2v) is 8.91. The highest BCUT2D eigenvalue weighted by Gasteiger charge is 2.43. The SMILES string of the molecule is OC(CN1c2ccccc2N(c2ccccc2OC(F)(F)F)CC1c1cccc2ccccc12)C(F)(F)F. The third kappa shape index (κ3) is 5.08. The van der Waals surface area contributed by atoms with Crippen molar-refractivity contribution >= 4 is 27.8 Å². The van der Waals surface area contributed by atoms with Crippen LogP contribution in [-0.4, -0.2) is 36.8 Å². The summed E-state index contributed by atoms with van der Waals surface area (Å²) in [6.07, 6.45) is -12.4. The summed E-state index contributed by atoms with van der Waals surface area (Å²) in [5.41, 5.74) is 1.50. The standard InChI is InChI=1S/C28H22F6N2O2/c29-27(30,31)26(37)17-36-22-13-4-3-12-21(22)35(23-14-5-6-15-25(23)38-28(32,33)34)16-24(36)20-11-7-9-18-8-1-2-10-19(18)20/h1-15,24,26,37H,16-17H2. The van der Waals surface area contributed by atoms with Crippen molar-refractivity contribution in [2.24, 2.45) is 0 Å². The lowest BCUT2D eigenvalue weighted by Gasteiger charge is -2.46. The maximum absolute atomic E-state index is 13.5. The molecule has 1 heterocycles. The molecule has 1 aliphatic rings. The zero-order valence-electron chi connectivity index (χ0n) is 19.7. The number of aliphatic hydroxyl groups is 1. The van der Waals surface area contributed by atoms with Crippen molar-refractivity contribution < 1.29 is 36.2 Å². The number of alkyl halides is 6. The van der Waals surface area contributed by atoms with Gasteiger partial charge in [-0.15, -0.1) is 13.2 Å². The molecule has 0 aliphatic carbocycles. The smallest absolute Gasteiger partial charge is 0.404 e. The van der Waals surface area contributed by atoms with Crippen molar-refractivity contribution in [2.45, 2.75) is 24.7 Å². The summed E-state index contributed by atoms with van der Waals surface area (Å²) in [4.78, 5) is 3.08. The molecular weight excluding hydrogens is 510 g/mol. The lowest BCUT2D eigenvalue weighted by atomic mass is 9.93. The zero-order valence-corrected chi connectivity index (χ0v) is 19.7. The van der Waals surface area contributed by atoms with Crippen LogP contribution in [0.25, 0.3) is 10.8 Å². The highest BCUT2D eigenvalue weighted by atomic mass is 19.4. The summed E-state index contributed by atoms with van der Waals surface area (Å²) in [6, 6.07) is 24.2. The molecule has 2 unspecified atom stereocenters. The average Bonchev–Trinajstić information content (AvgIpc) is 2.87. The van der Waals surface area contributed by atoms with E-state index in [1.165, 1.54) is 23.1 Å². The first-order valence-electron chi connectivity index (χ1n) is 11.7. The number of benzene rings is 4. The predicted octanol–water partition coefficient (Wildman–Crippen LogP) is 7.36. The summed E-state index contributed by atoms with van der Waals surface area (Å²) >= 11 is 0. The van der Waals surface area contributed by atoms with Gasteiger partial charge in [0.2, 0.25) is 0 Å². The van der Waals surface area contributed by atoms with Crippen LogP contribution < -0.4 is 14.5 Å². The Hall–Kier alpha value is -3.92. The number of hydrogen-bond acceptors (Lipinski definition) is 4. The van der Waals surface area contributed by atoms with Crippen LogP contribution in [-0.2, 0) is 0 Å². The number of rotatable bonds is 5. The van der Waals surface area contributed by atoms with Gasteiger partial charge in [0.15, 0.2) is 11.9 Å². The van der Waals surface area contributed by atoms with E-state index in [0.717, 1.165) is 10.8 Å². The van der Waals surface area contributed by atoms with E-state index in [1.54, 1.807) is 47.4 Å². The summed E-state index contributed by atoms with van der Waals surface area (Å²) in [7, 11) is 0. The first-order valence-corrected chi connectivity index (χ1v) is 11.7. The molecule has 2 atom stereocenters. The van der Waals surface area contributed by atoms with Gasteiger partial charge in [-0.3, -0.25) is 0 Å². The minimum atomic E-state index is -4.94. The molecule has 1 N–H and O–H groups in total. The summed E-state index contributed by atoms with van der Waals surface area (Å²) in [5.74, 6) is -0.435. The topological polar surface area (TPSA) is 35.9 Å². The van der Waals surface area contributed by atoms with Crippen LogP contribution >= 0.6 is 0 Å². The number of halogens is 6. The number of anilines is 3. The van der Waals surface area contributed by atoms with Crippen molar-refractivity contribution in [1.82, 2.24) is 0 Å².